The van der Waals surface area contributed by atoms with Crippen LogP contribution in [0.5, 0.6) is 0 Å². The van der Waals surface area contributed by atoms with Crippen LogP contribution < -0.4 is 0 Å². The van der Waals surface area contributed by atoms with Gasteiger partial charge in [-0.2, -0.15) is 0 Å². The second kappa shape index (κ2) is 5.85. The largest absolute Gasteiger partial charge is 0.481 e. The van der Waals surface area contributed by atoms with Crippen molar-refractivity contribution in [2.45, 2.75) is 65.2 Å². The maximum Gasteiger partial charge on any atom is 0.303 e. The van der Waals surface area contributed by atoms with Crippen molar-refractivity contribution in [3.8, 4) is 0 Å². The fraction of sp³-hybridized carbons (Fsp3) is 0.842. The van der Waals surface area contributed by atoms with Crippen LogP contribution in [0, 0.1) is 34.5 Å². The van der Waals surface area contributed by atoms with Crippen molar-refractivity contribution in [3.63, 3.8) is 0 Å². The lowest BCUT2D eigenvalue weighted by Gasteiger charge is -2.57. The molecule has 5 heteroatoms. The van der Waals surface area contributed by atoms with Crippen molar-refractivity contribution in [2.24, 2.45) is 34.5 Å². The molecule has 6 atom stereocenters. The first-order valence-corrected chi connectivity index (χ1v) is 9.15. The van der Waals surface area contributed by atoms with Crippen LogP contribution in [0.2, 0.25) is 0 Å². The quantitative estimate of drug-likeness (QED) is 0.821. The second-order valence-electron chi connectivity index (χ2n) is 8.74. The lowest BCUT2D eigenvalue weighted by molar-refractivity contribution is -0.156. The summed E-state index contributed by atoms with van der Waals surface area (Å²) in [5.41, 5.74) is -0.717. The van der Waals surface area contributed by atoms with Crippen LogP contribution in [0.3, 0.4) is 0 Å². The molecular weight excluding hydrogens is 308 g/mol. The fourth-order valence-corrected chi connectivity index (χ4v) is 6.45. The molecule has 0 saturated heterocycles. The predicted octanol–water partition coefficient (Wildman–Crippen LogP) is 3.36. The Hall–Kier alpha value is -1.39. The number of ketones is 1. The average Bonchev–Trinajstić information content (AvgIpc) is 2.77. The second-order valence-corrected chi connectivity index (χ2v) is 8.74. The maximum absolute atomic E-state index is 12.4. The smallest absolute Gasteiger partial charge is 0.303 e. The highest BCUT2D eigenvalue weighted by molar-refractivity contribution is 5.87. The molecule has 0 amide bonds. The number of hydrogen-bond acceptors (Lipinski definition) is 3. The van der Waals surface area contributed by atoms with E-state index in [9.17, 15) is 24.6 Å². The van der Waals surface area contributed by atoms with E-state index >= 15 is 0 Å². The molecule has 2 N–H and O–H groups in total. The first-order chi connectivity index (χ1) is 11.2. The molecule has 24 heavy (non-hydrogen) atoms. The third-order valence-corrected chi connectivity index (χ3v) is 7.73. The first kappa shape index (κ1) is 17.4. The topological polar surface area (TPSA) is 91.7 Å². The maximum atomic E-state index is 12.4. The molecule has 0 bridgehead atoms. The summed E-state index contributed by atoms with van der Waals surface area (Å²) in [5, 5.41) is 18.7. The Bertz CT molecular complexity index is 570. The van der Waals surface area contributed by atoms with Gasteiger partial charge in [0.05, 0.1) is 6.42 Å². The summed E-state index contributed by atoms with van der Waals surface area (Å²) in [4.78, 5) is 35.2. The minimum atomic E-state index is -0.843. The number of aliphatic carboxylic acids is 2. The lowest BCUT2D eigenvalue weighted by Crippen LogP contribution is -2.53. The molecular formula is C19H28O5. The molecule has 0 aromatic carbocycles. The van der Waals surface area contributed by atoms with Crippen molar-refractivity contribution in [2.75, 3.05) is 0 Å². The molecule has 0 aromatic heterocycles. The summed E-state index contributed by atoms with van der Waals surface area (Å²) in [5.74, 6) is -0.466. The zero-order chi connectivity index (χ0) is 17.7. The summed E-state index contributed by atoms with van der Waals surface area (Å²) in [6.45, 7) is 4.09. The third-order valence-electron chi connectivity index (χ3n) is 7.73. The molecule has 0 heterocycles. The van der Waals surface area contributed by atoms with Gasteiger partial charge < -0.3 is 10.2 Å². The Morgan fingerprint density at radius 1 is 1.04 bits per heavy atom. The Morgan fingerprint density at radius 2 is 1.75 bits per heavy atom. The molecule has 3 aliphatic carbocycles. The molecule has 3 rings (SSSR count). The van der Waals surface area contributed by atoms with Crippen molar-refractivity contribution >= 4 is 17.7 Å². The van der Waals surface area contributed by atoms with Crippen LogP contribution in [0.15, 0.2) is 0 Å². The van der Waals surface area contributed by atoms with Gasteiger partial charge in [0.2, 0.25) is 0 Å². The van der Waals surface area contributed by atoms with E-state index in [1.54, 1.807) is 0 Å². The van der Waals surface area contributed by atoms with Crippen LogP contribution >= 0.6 is 0 Å². The highest BCUT2D eigenvalue weighted by Gasteiger charge is 2.60. The van der Waals surface area contributed by atoms with Crippen molar-refractivity contribution in [1.29, 1.82) is 0 Å². The number of carbonyl (C=O) groups excluding carboxylic acids is 1. The molecule has 3 fully saturated rings. The fourth-order valence-electron chi connectivity index (χ4n) is 6.45. The molecule has 3 aliphatic rings. The van der Waals surface area contributed by atoms with Crippen molar-refractivity contribution in [3.05, 3.63) is 0 Å². The van der Waals surface area contributed by atoms with Gasteiger partial charge >= 0.3 is 11.9 Å². The van der Waals surface area contributed by atoms with Crippen LogP contribution in [0.25, 0.3) is 0 Å². The lowest BCUT2D eigenvalue weighted by atomic mass is 9.46. The highest BCUT2D eigenvalue weighted by atomic mass is 16.4. The number of carboxylic acids is 2. The molecule has 0 unspecified atom stereocenters. The van der Waals surface area contributed by atoms with Gasteiger partial charge in [0, 0.05) is 18.3 Å². The molecule has 134 valence electrons. The van der Waals surface area contributed by atoms with Crippen LogP contribution in [-0.4, -0.2) is 27.9 Å². The van der Waals surface area contributed by atoms with Crippen molar-refractivity contribution in [1.82, 2.24) is 0 Å². The Morgan fingerprint density at radius 3 is 2.38 bits per heavy atom. The number of fused-ring (bicyclic) bond motifs is 3. The summed E-state index contributed by atoms with van der Waals surface area (Å²) < 4.78 is 0. The number of Topliss-reactive ketones (excluding diaryl/α,β-unsaturated/α-hetero) is 1. The summed E-state index contributed by atoms with van der Waals surface area (Å²) in [6.07, 6.45) is 5.03. The van der Waals surface area contributed by atoms with E-state index in [1.165, 1.54) is 0 Å². The minimum Gasteiger partial charge on any atom is -0.481 e. The van der Waals surface area contributed by atoms with E-state index < -0.39 is 17.4 Å². The number of rotatable bonds is 4. The Kier molecular flexibility index (Phi) is 4.25. The van der Waals surface area contributed by atoms with Gasteiger partial charge in [0.1, 0.15) is 5.78 Å². The summed E-state index contributed by atoms with van der Waals surface area (Å²) in [6, 6.07) is 0. The van der Waals surface area contributed by atoms with Gasteiger partial charge in [-0.25, -0.2) is 0 Å². The van der Waals surface area contributed by atoms with E-state index in [0.717, 1.165) is 32.1 Å². The number of hydrogen-bond donors (Lipinski definition) is 2. The first-order valence-electron chi connectivity index (χ1n) is 9.15. The molecule has 0 aliphatic heterocycles. The normalized spacial score (nSPS) is 44.7. The zero-order valence-corrected chi connectivity index (χ0v) is 14.6. The zero-order valence-electron chi connectivity index (χ0n) is 14.6. The molecule has 3 saturated carbocycles. The van der Waals surface area contributed by atoms with E-state index in [-0.39, 0.29) is 30.1 Å². The Labute approximate surface area is 142 Å². The van der Waals surface area contributed by atoms with Crippen molar-refractivity contribution < 1.29 is 24.6 Å². The highest BCUT2D eigenvalue weighted by Crippen LogP contribution is 2.64. The van der Waals surface area contributed by atoms with E-state index in [1.807, 2.05) is 6.92 Å². The van der Waals surface area contributed by atoms with Gasteiger partial charge in [-0.1, -0.05) is 13.8 Å². The van der Waals surface area contributed by atoms with Gasteiger partial charge in [-0.05, 0) is 61.2 Å². The predicted molar refractivity (Wildman–Crippen MR) is 87.4 cm³/mol. The van der Waals surface area contributed by atoms with Gasteiger partial charge in [-0.3, -0.25) is 14.4 Å². The van der Waals surface area contributed by atoms with E-state index in [2.05, 4.69) is 6.92 Å². The third kappa shape index (κ3) is 2.56. The van der Waals surface area contributed by atoms with Crippen LogP contribution in [-0.2, 0) is 14.4 Å². The number of carbonyl (C=O) groups is 3. The van der Waals surface area contributed by atoms with E-state index in [4.69, 9.17) is 0 Å². The summed E-state index contributed by atoms with van der Waals surface area (Å²) >= 11 is 0. The van der Waals surface area contributed by atoms with Gasteiger partial charge in [0.25, 0.3) is 0 Å². The minimum absolute atomic E-state index is 0.0312. The van der Waals surface area contributed by atoms with Gasteiger partial charge in [-0.15, -0.1) is 0 Å². The molecule has 0 radical (unpaired) electrons. The van der Waals surface area contributed by atoms with Crippen LogP contribution in [0.1, 0.15) is 65.2 Å². The monoisotopic (exact) mass is 336 g/mol. The van der Waals surface area contributed by atoms with Crippen LogP contribution in [0.4, 0.5) is 0 Å². The molecule has 5 nitrogen and oxygen atoms in total. The standard InChI is InChI=1S/C19H28O5/c1-18-8-7-14-12(13(18)5-6-15(18)20)4-3-11(9-16(21)22)19(14,2)10-17(23)24/h11-14H,3-10H2,1-2H3,(H,21,22)(H,23,24)/t11-,12-,13+,14-,18+,19-/m1/s1. The average molecular weight is 336 g/mol. The van der Waals surface area contributed by atoms with E-state index in [0.29, 0.717) is 24.0 Å². The number of carboxylic acid groups (broad SMARTS) is 2. The Balaban J connectivity index is 1.92. The molecule has 0 spiro atoms. The van der Waals surface area contributed by atoms with Gasteiger partial charge in [0.15, 0.2) is 0 Å². The molecule has 0 aromatic rings. The summed E-state index contributed by atoms with van der Waals surface area (Å²) in [7, 11) is 0. The SMILES string of the molecule is C[C@@]1(CC(=O)O)[C@@H](CC(=O)O)CC[C@H]2[C@H]1CC[C@]1(C)C(=O)CC[C@@H]21.